The third kappa shape index (κ3) is 4.86. The van der Waals surface area contributed by atoms with Gasteiger partial charge in [0.15, 0.2) is 11.8 Å². The number of oxime groups is 1. The van der Waals surface area contributed by atoms with Gasteiger partial charge in [-0.15, -0.1) is 0 Å². The molecule has 0 saturated heterocycles. The van der Waals surface area contributed by atoms with Crippen LogP contribution < -0.4 is 0 Å². The summed E-state index contributed by atoms with van der Waals surface area (Å²) in [4.78, 5) is 17.9. The topological polar surface area (TPSA) is 60.2 Å². The fraction of sp³-hybridized carbons (Fsp3) is 0.211. The highest BCUT2D eigenvalue weighted by Gasteiger charge is 2.25. The highest BCUT2D eigenvalue weighted by atomic mass is 35.5. The number of hydrogen-bond donors (Lipinski definition) is 0. The molecule has 0 heterocycles. The van der Waals surface area contributed by atoms with Crippen LogP contribution in [0.5, 0.6) is 0 Å². The Labute approximate surface area is 162 Å². The number of carbonyl (C=O) groups excluding carboxylic acids is 1. The predicted octanol–water partition coefficient (Wildman–Crippen LogP) is 4.69. The second-order valence-corrected chi connectivity index (χ2v) is 6.09. The molecule has 7 heteroatoms. The summed E-state index contributed by atoms with van der Waals surface area (Å²) in [5, 5.41) is 4.56. The van der Waals surface area contributed by atoms with Gasteiger partial charge in [-0.2, -0.15) is 0 Å². The SMILES string of the molecule is CC=NOC(c1ccc(Cl)cc1)c1ccccc1C(=NSC)C(=O)OC. The lowest BCUT2D eigenvalue weighted by molar-refractivity contribution is -0.132. The van der Waals surface area contributed by atoms with Crippen molar-refractivity contribution in [3.8, 4) is 0 Å². The second-order valence-electron chi connectivity index (χ2n) is 5.10. The van der Waals surface area contributed by atoms with E-state index in [1.165, 1.54) is 19.1 Å². The van der Waals surface area contributed by atoms with Crippen molar-refractivity contribution in [2.75, 3.05) is 13.4 Å². The monoisotopic (exact) mass is 390 g/mol. The number of methoxy groups -OCH3 is 1. The van der Waals surface area contributed by atoms with Crippen LogP contribution in [0.25, 0.3) is 0 Å². The average molecular weight is 391 g/mol. The first kappa shape index (κ1) is 20.0. The van der Waals surface area contributed by atoms with Crippen LogP contribution in [0.15, 0.2) is 58.1 Å². The van der Waals surface area contributed by atoms with Crippen molar-refractivity contribution in [3.63, 3.8) is 0 Å². The summed E-state index contributed by atoms with van der Waals surface area (Å²) >= 11 is 7.18. The molecule has 26 heavy (non-hydrogen) atoms. The maximum absolute atomic E-state index is 12.2. The summed E-state index contributed by atoms with van der Waals surface area (Å²) in [5.74, 6) is -0.513. The molecule has 5 nitrogen and oxygen atoms in total. The molecule has 0 N–H and O–H groups in total. The normalized spacial score (nSPS) is 12.8. The lowest BCUT2D eigenvalue weighted by atomic mass is 9.94. The van der Waals surface area contributed by atoms with E-state index in [0.29, 0.717) is 10.6 Å². The number of esters is 1. The zero-order valence-corrected chi connectivity index (χ0v) is 16.3. The number of halogens is 1. The Morgan fingerprint density at radius 1 is 1.19 bits per heavy atom. The summed E-state index contributed by atoms with van der Waals surface area (Å²) < 4.78 is 9.13. The molecule has 0 fully saturated rings. The first-order valence-corrected chi connectivity index (χ1v) is 9.36. The van der Waals surface area contributed by atoms with Gasteiger partial charge in [0.05, 0.1) is 7.11 Å². The van der Waals surface area contributed by atoms with Crippen LogP contribution in [0.1, 0.15) is 29.7 Å². The van der Waals surface area contributed by atoms with E-state index in [1.54, 1.807) is 31.5 Å². The van der Waals surface area contributed by atoms with E-state index in [2.05, 4.69) is 9.55 Å². The van der Waals surface area contributed by atoms with Gasteiger partial charge in [-0.05, 0) is 36.6 Å². The Hall–Kier alpha value is -2.31. The van der Waals surface area contributed by atoms with Crippen molar-refractivity contribution >= 4 is 41.4 Å². The number of carbonyl (C=O) groups is 1. The van der Waals surface area contributed by atoms with E-state index in [0.717, 1.165) is 11.1 Å². The molecular formula is C19H19ClN2O3S. The van der Waals surface area contributed by atoms with Gasteiger partial charge in [0.1, 0.15) is 0 Å². The predicted molar refractivity (Wildman–Crippen MR) is 107 cm³/mol. The summed E-state index contributed by atoms with van der Waals surface area (Å²) in [6.45, 7) is 1.76. The van der Waals surface area contributed by atoms with Crippen LogP contribution in [0.2, 0.25) is 5.02 Å². The van der Waals surface area contributed by atoms with Gasteiger partial charge >= 0.3 is 5.97 Å². The smallest absolute Gasteiger partial charge is 0.357 e. The Balaban J connectivity index is 2.60. The zero-order chi connectivity index (χ0) is 18.9. The fourth-order valence-electron chi connectivity index (χ4n) is 2.38. The molecule has 1 atom stereocenters. The van der Waals surface area contributed by atoms with E-state index in [9.17, 15) is 4.79 Å². The molecule has 0 saturated carbocycles. The standard InChI is InChI=1S/C19H19ClN2O3S/c1-4-21-25-18(13-9-11-14(20)12-10-13)16-8-6-5-7-15(16)17(22-26-3)19(23)24-2/h4-12,18H,1-3H3. The van der Waals surface area contributed by atoms with Crippen molar-refractivity contribution in [3.05, 3.63) is 70.2 Å². The highest BCUT2D eigenvalue weighted by molar-refractivity contribution is 7.97. The molecule has 0 aromatic heterocycles. The van der Waals surface area contributed by atoms with E-state index in [1.807, 2.05) is 36.4 Å². The summed E-state index contributed by atoms with van der Waals surface area (Å²) in [5.41, 5.74) is 2.44. The van der Waals surface area contributed by atoms with Gasteiger partial charge in [-0.25, -0.2) is 9.19 Å². The van der Waals surface area contributed by atoms with E-state index in [4.69, 9.17) is 21.2 Å². The molecule has 0 amide bonds. The fourth-order valence-corrected chi connectivity index (χ4v) is 2.86. The molecule has 0 aliphatic heterocycles. The lowest BCUT2D eigenvalue weighted by Gasteiger charge is -2.19. The molecular weight excluding hydrogens is 372 g/mol. The number of benzene rings is 2. The maximum atomic E-state index is 12.2. The molecule has 2 aromatic carbocycles. The number of ether oxygens (including phenoxy) is 1. The van der Waals surface area contributed by atoms with Gasteiger partial charge in [-0.3, -0.25) is 0 Å². The van der Waals surface area contributed by atoms with Crippen LogP contribution in [0.4, 0.5) is 0 Å². The van der Waals surface area contributed by atoms with Gasteiger partial charge in [0.2, 0.25) is 0 Å². The van der Waals surface area contributed by atoms with E-state index < -0.39 is 12.1 Å². The zero-order valence-electron chi connectivity index (χ0n) is 14.7. The summed E-state index contributed by atoms with van der Waals surface area (Å²) in [6, 6.07) is 14.7. The lowest BCUT2D eigenvalue weighted by Crippen LogP contribution is -2.20. The molecule has 0 radical (unpaired) electrons. The van der Waals surface area contributed by atoms with Crippen LogP contribution in [0, 0.1) is 0 Å². The molecule has 2 rings (SSSR count). The molecule has 0 aliphatic rings. The van der Waals surface area contributed by atoms with Crippen LogP contribution in [-0.4, -0.2) is 31.3 Å². The van der Waals surface area contributed by atoms with Gasteiger partial charge < -0.3 is 9.57 Å². The van der Waals surface area contributed by atoms with Crippen molar-refractivity contribution in [2.24, 2.45) is 9.55 Å². The Kier molecular flexibility index (Phi) is 7.69. The van der Waals surface area contributed by atoms with Gasteiger partial charge in [0.25, 0.3) is 0 Å². The first-order chi connectivity index (χ1) is 12.6. The third-order valence-electron chi connectivity index (χ3n) is 3.50. The third-order valence-corrected chi connectivity index (χ3v) is 4.12. The van der Waals surface area contributed by atoms with Crippen LogP contribution in [0.3, 0.4) is 0 Å². The summed E-state index contributed by atoms with van der Waals surface area (Å²) in [7, 11) is 1.33. The number of nitrogens with zero attached hydrogens (tertiary/aromatic N) is 2. The van der Waals surface area contributed by atoms with Crippen LogP contribution in [-0.2, 0) is 14.4 Å². The molecule has 1 unspecified atom stereocenters. The van der Waals surface area contributed by atoms with Gasteiger partial charge in [-0.1, -0.05) is 53.2 Å². The van der Waals surface area contributed by atoms with Crippen LogP contribution >= 0.6 is 23.5 Å². The minimum Gasteiger partial charge on any atom is -0.464 e. The second kappa shape index (κ2) is 9.99. The molecule has 0 aliphatic carbocycles. The molecule has 0 bridgehead atoms. The van der Waals surface area contributed by atoms with E-state index in [-0.39, 0.29) is 5.71 Å². The number of hydrogen-bond acceptors (Lipinski definition) is 6. The molecule has 0 spiro atoms. The first-order valence-electron chi connectivity index (χ1n) is 7.80. The van der Waals surface area contributed by atoms with Crippen molar-refractivity contribution < 1.29 is 14.4 Å². The van der Waals surface area contributed by atoms with Crippen molar-refractivity contribution in [1.29, 1.82) is 0 Å². The minimum absolute atomic E-state index is 0.221. The van der Waals surface area contributed by atoms with Crippen molar-refractivity contribution in [2.45, 2.75) is 13.0 Å². The molecule has 2 aromatic rings. The number of rotatable bonds is 7. The average Bonchev–Trinajstić information content (AvgIpc) is 2.67. The van der Waals surface area contributed by atoms with E-state index >= 15 is 0 Å². The van der Waals surface area contributed by atoms with Gasteiger partial charge in [0, 0.05) is 28.6 Å². The van der Waals surface area contributed by atoms with Crippen molar-refractivity contribution in [1.82, 2.24) is 0 Å². The maximum Gasteiger partial charge on any atom is 0.357 e. The largest absolute Gasteiger partial charge is 0.464 e. The summed E-state index contributed by atoms with van der Waals surface area (Å²) in [6.07, 6.45) is 2.81. The Morgan fingerprint density at radius 3 is 2.50 bits per heavy atom. The minimum atomic E-state index is -0.531. The Morgan fingerprint density at radius 2 is 1.88 bits per heavy atom. The highest BCUT2D eigenvalue weighted by Crippen LogP contribution is 2.30. The molecule has 136 valence electrons. The Bertz CT molecular complexity index is 807. The quantitative estimate of drug-likeness (QED) is 0.298.